The number of hydrogen-bond acceptors (Lipinski definition) is 7. The van der Waals surface area contributed by atoms with Crippen molar-refractivity contribution in [3.05, 3.63) is 34.3 Å². The number of nitrogens with one attached hydrogen (secondary N) is 1. The molecule has 0 aliphatic heterocycles. The van der Waals surface area contributed by atoms with Gasteiger partial charge in [0.25, 0.3) is 0 Å². The Labute approximate surface area is 186 Å². The van der Waals surface area contributed by atoms with E-state index in [1.807, 2.05) is 4.90 Å². The number of aromatic nitrogens is 1. The maximum Gasteiger partial charge on any atom is 0.357 e. The SMILES string of the molecule is CCOC(=O)c1csc(CN(C(=O)Nc2ccc(OC)cc2OC)C2CCCCC2)n1. The van der Waals surface area contributed by atoms with Crippen molar-refractivity contribution in [3.8, 4) is 11.5 Å². The fourth-order valence-corrected chi connectivity index (χ4v) is 4.44. The highest BCUT2D eigenvalue weighted by Gasteiger charge is 2.27. The maximum atomic E-state index is 13.3. The molecule has 2 amide bonds. The van der Waals surface area contributed by atoms with Crippen molar-refractivity contribution in [1.82, 2.24) is 9.88 Å². The summed E-state index contributed by atoms with van der Waals surface area (Å²) < 4.78 is 15.7. The van der Waals surface area contributed by atoms with Gasteiger partial charge in [-0.25, -0.2) is 14.6 Å². The summed E-state index contributed by atoms with van der Waals surface area (Å²) in [5.41, 5.74) is 0.850. The van der Waals surface area contributed by atoms with Crippen LogP contribution < -0.4 is 14.8 Å². The standard InChI is InChI=1S/C22H29N3O5S/c1-4-30-21(26)18-14-31-20(23-18)13-25(15-8-6-5-7-9-15)22(27)24-17-11-10-16(28-2)12-19(17)29-3/h10-12,14-15H,4-9,13H2,1-3H3,(H,24,27). The minimum atomic E-state index is -0.443. The van der Waals surface area contributed by atoms with Gasteiger partial charge in [0.15, 0.2) is 5.69 Å². The number of rotatable bonds is 8. The number of hydrogen-bond donors (Lipinski definition) is 1. The molecule has 1 aromatic carbocycles. The van der Waals surface area contributed by atoms with Crippen LogP contribution in [0.2, 0.25) is 0 Å². The molecular weight excluding hydrogens is 418 g/mol. The number of carbonyl (C=O) groups excluding carboxylic acids is 2. The molecule has 0 atom stereocenters. The molecule has 0 saturated heterocycles. The van der Waals surface area contributed by atoms with E-state index in [-0.39, 0.29) is 17.8 Å². The molecule has 0 radical (unpaired) electrons. The van der Waals surface area contributed by atoms with Crippen molar-refractivity contribution in [2.45, 2.75) is 51.6 Å². The Bertz CT molecular complexity index is 895. The fraction of sp³-hybridized carbons (Fsp3) is 0.500. The van der Waals surface area contributed by atoms with Gasteiger partial charge in [0.1, 0.15) is 16.5 Å². The summed E-state index contributed by atoms with van der Waals surface area (Å²) in [4.78, 5) is 31.4. The van der Waals surface area contributed by atoms with Gasteiger partial charge in [-0.3, -0.25) is 0 Å². The normalized spacial score (nSPS) is 14.0. The fourth-order valence-electron chi connectivity index (χ4n) is 3.68. The first kappa shape index (κ1) is 22.9. The second-order valence-electron chi connectivity index (χ2n) is 7.26. The summed E-state index contributed by atoms with van der Waals surface area (Å²) in [6.45, 7) is 2.39. The summed E-state index contributed by atoms with van der Waals surface area (Å²) in [5, 5.41) is 5.35. The minimum Gasteiger partial charge on any atom is -0.497 e. The monoisotopic (exact) mass is 447 g/mol. The van der Waals surface area contributed by atoms with E-state index in [0.717, 1.165) is 25.7 Å². The maximum absolute atomic E-state index is 13.3. The number of methoxy groups -OCH3 is 2. The molecule has 1 N–H and O–H groups in total. The summed E-state index contributed by atoms with van der Waals surface area (Å²) >= 11 is 1.36. The van der Waals surface area contributed by atoms with Crippen molar-refractivity contribution in [2.24, 2.45) is 0 Å². The van der Waals surface area contributed by atoms with Gasteiger partial charge in [-0.15, -0.1) is 11.3 Å². The number of benzene rings is 1. The highest BCUT2D eigenvalue weighted by Crippen LogP contribution is 2.31. The molecule has 31 heavy (non-hydrogen) atoms. The Morgan fingerprint density at radius 3 is 2.65 bits per heavy atom. The molecule has 1 aromatic heterocycles. The number of anilines is 1. The Hall–Kier alpha value is -2.81. The highest BCUT2D eigenvalue weighted by atomic mass is 32.1. The van der Waals surface area contributed by atoms with Crippen LogP contribution in [-0.2, 0) is 11.3 Å². The van der Waals surface area contributed by atoms with E-state index < -0.39 is 5.97 Å². The van der Waals surface area contributed by atoms with Crippen molar-refractivity contribution >= 4 is 29.0 Å². The number of esters is 1. The predicted octanol–water partition coefficient (Wildman–Crippen LogP) is 4.70. The van der Waals surface area contributed by atoms with E-state index in [0.29, 0.717) is 35.3 Å². The molecule has 8 nitrogen and oxygen atoms in total. The molecular formula is C22H29N3O5S. The van der Waals surface area contributed by atoms with Gasteiger partial charge in [0, 0.05) is 17.5 Å². The van der Waals surface area contributed by atoms with E-state index >= 15 is 0 Å². The number of nitrogens with zero attached hydrogens (tertiary/aromatic N) is 2. The van der Waals surface area contributed by atoms with E-state index in [1.165, 1.54) is 17.8 Å². The molecule has 168 valence electrons. The molecule has 1 aliphatic carbocycles. The molecule has 3 rings (SSSR count). The lowest BCUT2D eigenvalue weighted by molar-refractivity contribution is 0.0520. The number of carbonyl (C=O) groups is 2. The third kappa shape index (κ3) is 5.88. The third-order valence-corrected chi connectivity index (χ3v) is 6.10. The van der Waals surface area contributed by atoms with Gasteiger partial charge in [-0.1, -0.05) is 19.3 Å². The van der Waals surface area contributed by atoms with Gasteiger partial charge in [0.05, 0.1) is 33.1 Å². The topological polar surface area (TPSA) is 90.0 Å². The first-order valence-corrected chi connectivity index (χ1v) is 11.3. The summed E-state index contributed by atoms with van der Waals surface area (Å²) in [5.74, 6) is 0.727. The van der Waals surface area contributed by atoms with Gasteiger partial charge in [-0.2, -0.15) is 0 Å². The Morgan fingerprint density at radius 2 is 1.97 bits per heavy atom. The Kier molecular flexibility index (Phi) is 8.11. The van der Waals surface area contributed by atoms with Crippen LogP contribution in [0.3, 0.4) is 0 Å². The molecule has 1 fully saturated rings. The largest absolute Gasteiger partial charge is 0.497 e. The summed E-state index contributed by atoms with van der Waals surface area (Å²) in [6.07, 6.45) is 5.26. The first-order valence-electron chi connectivity index (χ1n) is 10.5. The van der Waals surface area contributed by atoms with Crippen LogP contribution in [0.15, 0.2) is 23.6 Å². The third-order valence-electron chi connectivity index (χ3n) is 5.27. The van der Waals surface area contributed by atoms with E-state index in [2.05, 4.69) is 10.3 Å². The Balaban J connectivity index is 1.79. The molecule has 0 bridgehead atoms. The first-order chi connectivity index (χ1) is 15.0. The average Bonchev–Trinajstić information content (AvgIpc) is 3.27. The molecule has 2 aromatic rings. The van der Waals surface area contributed by atoms with Crippen LogP contribution in [-0.4, -0.2) is 48.8 Å². The zero-order valence-electron chi connectivity index (χ0n) is 18.2. The zero-order valence-corrected chi connectivity index (χ0v) is 19.0. The molecule has 0 spiro atoms. The highest BCUT2D eigenvalue weighted by molar-refractivity contribution is 7.09. The lowest BCUT2D eigenvalue weighted by Gasteiger charge is -2.34. The second kappa shape index (κ2) is 11.0. The van der Waals surface area contributed by atoms with Gasteiger partial charge in [0.2, 0.25) is 0 Å². The van der Waals surface area contributed by atoms with Crippen LogP contribution in [0, 0.1) is 0 Å². The molecule has 9 heteroatoms. The van der Waals surface area contributed by atoms with Crippen molar-refractivity contribution in [3.63, 3.8) is 0 Å². The number of urea groups is 1. The molecule has 1 aliphatic rings. The van der Waals surface area contributed by atoms with Crippen LogP contribution in [0.5, 0.6) is 11.5 Å². The van der Waals surface area contributed by atoms with Crippen LogP contribution in [0.1, 0.15) is 54.5 Å². The number of thiazole rings is 1. The molecule has 1 saturated carbocycles. The van der Waals surface area contributed by atoms with Crippen LogP contribution in [0.4, 0.5) is 10.5 Å². The van der Waals surface area contributed by atoms with Crippen LogP contribution in [0.25, 0.3) is 0 Å². The van der Waals surface area contributed by atoms with Crippen LogP contribution >= 0.6 is 11.3 Å². The number of ether oxygens (including phenoxy) is 3. The van der Waals surface area contributed by atoms with Gasteiger partial charge >= 0.3 is 12.0 Å². The molecule has 1 heterocycles. The Morgan fingerprint density at radius 1 is 1.19 bits per heavy atom. The average molecular weight is 448 g/mol. The number of amides is 2. The second-order valence-corrected chi connectivity index (χ2v) is 8.21. The van der Waals surface area contributed by atoms with Crippen molar-refractivity contribution < 1.29 is 23.8 Å². The predicted molar refractivity (Wildman–Crippen MR) is 119 cm³/mol. The molecule has 0 unspecified atom stereocenters. The van der Waals surface area contributed by atoms with Crippen molar-refractivity contribution in [2.75, 3.05) is 26.1 Å². The van der Waals surface area contributed by atoms with E-state index in [4.69, 9.17) is 14.2 Å². The summed E-state index contributed by atoms with van der Waals surface area (Å²) in [6, 6.07) is 5.16. The lowest BCUT2D eigenvalue weighted by atomic mass is 9.94. The van der Waals surface area contributed by atoms with Crippen molar-refractivity contribution in [1.29, 1.82) is 0 Å². The van der Waals surface area contributed by atoms with E-state index in [9.17, 15) is 9.59 Å². The lowest BCUT2D eigenvalue weighted by Crippen LogP contribution is -2.43. The van der Waals surface area contributed by atoms with Gasteiger partial charge < -0.3 is 24.4 Å². The quantitative estimate of drug-likeness (QED) is 0.590. The minimum absolute atomic E-state index is 0.118. The van der Waals surface area contributed by atoms with Gasteiger partial charge in [-0.05, 0) is 31.9 Å². The smallest absolute Gasteiger partial charge is 0.357 e. The van der Waals surface area contributed by atoms with E-state index in [1.54, 1.807) is 44.7 Å². The summed E-state index contributed by atoms with van der Waals surface area (Å²) in [7, 11) is 3.13. The zero-order chi connectivity index (χ0) is 22.2.